The van der Waals surface area contributed by atoms with Crippen molar-refractivity contribution in [2.75, 3.05) is 32.1 Å². The molecule has 0 amide bonds. The summed E-state index contributed by atoms with van der Waals surface area (Å²) in [7, 11) is 1.70. The number of aromatic nitrogens is 4. The molecule has 0 aliphatic carbocycles. The highest BCUT2D eigenvalue weighted by Crippen LogP contribution is 2.28. The molecule has 27 heavy (non-hydrogen) atoms. The van der Waals surface area contributed by atoms with Gasteiger partial charge in [-0.25, -0.2) is 0 Å². The normalized spacial score (nSPS) is 15.6. The molecule has 1 aliphatic rings. The van der Waals surface area contributed by atoms with E-state index in [9.17, 15) is 0 Å². The lowest BCUT2D eigenvalue weighted by molar-refractivity contribution is 0.255. The van der Waals surface area contributed by atoms with Crippen LogP contribution in [0.25, 0.3) is 5.69 Å². The van der Waals surface area contributed by atoms with Crippen LogP contribution in [-0.4, -0.2) is 51.9 Å². The molecule has 1 unspecified atom stereocenters. The zero-order valence-corrected chi connectivity index (χ0v) is 15.5. The fourth-order valence-electron chi connectivity index (χ4n) is 3.59. The van der Waals surface area contributed by atoms with E-state index in [1.165, 1.54) is 18.4 Å². The number of benzene rings is 2. The standard InChI is InChI=1S/C20H24N6O/c1-27-18-11-7-8-16(14-18)19(25-12-5-6-13-25)15-21-20-22-23-24-26(20)17-9-3-2-4-10-17/h2-4,7-11,14,19H,5-6,12-13,15H2,1H3,(H,21,22,24). The highest BCUT2D eigenvalue weighted by molar-refractivity contribution is 5.39. The van der Waals surface area contributed by atoms with E-state index < -0.39 is 0 Å². The fourth-order valence-corrected chi connectivity index (χ4v) is 3.59. The van der Waals surface area contributed by atoms with Gasteiger partial charge in [0.25, 0.3) is 0 Å². The summed E-state index contributed by atoms with van der Waals surface area (Å²) in [6, 6.07) is 18.4. The largest absolute Gasteiger partial charge is 0.497 e. The maximum Gasteiger partial charge on any atom is 0.247 e. The number of hydrogen-bond acceptors (Lipinski definition) is 6. The zero-order valence-electron chi connectivity index (χ0n) is 15.5. The van der Waals surface area contributed by atoms with Crippen molar-refractivity contribution in [3.63, 3.8) is 0 Å². The van der Waals surface area contributed by atoms with Gasteiger partial charge in [-0.1, -0.05) is 35.4 Å². The first-order chi connectivity index (χ1) is 13.3. The number of methoxy groups -OCH3 is 1. The van der Waals surface area contributed by atoms with Gasteiger partial charge in [0, 0.05) is 6.54 Å². The second-order valence-corrected chi connectivity index (χ2v) is 6.67. The predicted octanol–water partition coefficient (Wildman–Crippen LogP) is 2.92. The molecular formula is C20H24N6O. The van der Waals surface area contributed by atoms with Crippen molar-refractivity contribution < 1.29 is 4.74 Å². The van der Waals surface area contributed by atoms with Crippen molar-refractivity contribution >= 4 is 5.95 Å². The van der Waals surface area contributed by atoms with Gasteiger partial charge >= 0.3 is 0 Å². The first kappa shape index (κ1) is 17.5. The van der Waals surface area contributed by atoms with E-state index in [0.29, 0.717) is 5.95 Å². The average Bonchev–Trinajstić information content (AvgIpc) is 3.41. The molecule has 1 saturated heterocycles. The Morgan fingerprint density at radius 2 is 1.89 bits per heavy atom. The zero-order chi connectivity index (χ0) is 18.5. The van der Waals surface area contributed by atoms with Gasteiger partial charge in [0.1, 0.15) is 5.75 Å². The molecule has 1 fully saturated rings. The number of tetrazole rings is 1. The number of rotatable bonds is 7. The Bertz CT molecular complexity index is 860. The molecular weight excluding hydrogens is 340 g/mol. The molecule has 2 aromatic carbocycles. The maximum atomic E-state index is 5.42. The Morgan fingerprint density at radius 3 is 2.67 bits per heavy atom. The van der Waals surface area contributed by atoms with Crippen LogP contribution in [0, 0.1) is 0 Å². The van der Waals surface area contributed by atoms with E-state index >= 15 is 0 Å². The van der Waals surface area contributed by atoms with Gasteiger partial charge < -0.3 is 10.1 Å². The lowest BCUT2D eigenvalue weighted by Gasteiger charge is -2.28. The van der Waals surface area contributed by atoms with E-state index in [2.05, 4.69) is 37.9 Å². The molecule has 4 rings (SSSR count). The van der Waals surface area contributed by atoms with Gasteiger partial charge in [-0.15, -0.1) is 0 Å². The predicted molar refractivity (Wildman–Crippen MR) is 104 cm³/mol. The first-order valence-electron chi connectivity index (χ1n) is 9.31. The van der Waals surface area contributed by atoms with Gasteiger partial charge in [0.05, 0.1) is 18.8 Å². The lowest BCUT2D eigenvalue weighted by Crippen LogP contribution is -2.31. The lowest BCUT2D eigenvalue weighted by atomic mass is 10.1. The van der Waals surface area contributed by atoms with Gasteiger partial charge in [-0.05, 0) is 66.2 Å². The average molecular weight is 364 g/mol. The molecule has 1 N–H and O–H groups in total. The van der Waals surface area contributed by atoms with E-state index in [0.717, 1.165) is 31.1 Å². The molecule has 7 heteroatoms. The summed E-state index contributed by atoms with van der Waals surface area (Å²) in [4.78, 5) is 2.51. The summed E-state index contributed by atoms with van der Waals surface area (Å²) in [5, 5.41) is 15.6. The Labute approximate surface area is 159 Å². The van der Waals surface area contributed by atoms with E-state index in [4.69, 9.17) is 4.74 Å². The van der Waals surface area contributed by atoms with Gasteiger partial charge in [0.15, 0.2) is 0 Å². The molecule has 2 heterocycles. The van der Waals surface area contributed by atoms with Crippen LogP contribution in [0.1, 0.15) is 24.4 Å². The Balaban J connectivity index is 1.55. The summed E-state index contributed by atoms with van der Waals surface area (Å²) < 4.78 is 7.15. The molecule has 1 aromatic heterocycles. The van der Waals surface area contributed by atoms with Crippen molar-refractivity contribution in [2.45, 2.75) is 18.9 Å². The minimum Gasteiger partial charge on any atom is -0.497 e. The van der Waals surface area contributed by atoms with Gasteiger partial charge in [0.2, 0.25) is 5.95 Å². The third-order valence-electron chi connectivity index (χ3n) is 4.98. The molecule has 1 atom stereocenters. The van der Waals surface area contributed by atoms with Crippen LogP contribution in [0.15, 0.2) is 54.6 Å². The van der Waals surface area contributed by atoms with E-state index in [-0.39, 0.29) is 6.04 Å². The molecule has 0 saturated carbocycles. The summed E-state index contributed by atoms with van der Waals surface area (Å²) in [6.45, 7) is 2.93. The van der Waals surface area contributed by atoms with Crippen LogP contribution in [-0.2, 0) is 0 Å². The number of nitrogens with zero attached hydrogens (tertiary/aromatic N) is 5. The minimum atomic E-state index is 0.239. The summed E-state index contributed by atoms with van der Waals surface area (Å²) in [5.41, 5.74) is 2.17. The van der Waals surface area contributed by atoms with E-state index in [1.54, 1.807) is 11.8 Å². The van der Waals surface area contributed by atoms with Crippen molar-refractivity contribution in [1.29, 1.82) is 0 Å². The third kappa shape index (κ3) is 3.93. The fraction of sp³-hybridized carbons (Fsp3) is 0.350. The molecule has 1 aliphatic heterocycles. The Hall–Kier alpha value is -2.93. The Kier molecular flexibility index (Phi) is 5.29. The van der Waals surface area contributed by atoms with Crippen molar-refractivity contribution in [1.82, 2.24) is 25.1 Å². The maximum absolute atomic E-state index is 5.42. The minimum absolute atomic E-state index is 0.239. The SMILES string of the molecule is COc1cccc(C(CNc2nnnn2-c2ccccc2)N2CCCC2)c1. The van der Waals surface area contributed by atoms with Crippen LogP contribution in [0.3, 0.4) is 0 Å². The van der Waals surface area contributed by atoms with Crippen LogP contribution >= 0.6 is 0 Å². The number of hydrogen-bond donors (Lipinski definition) is 1. The number of nitrogens with one attached hydrogen (secondary N) is 1. The summed E-state index contributed by atoms with van der Waals surface area (Å²) in [5.74, 6) is 1.53. The topological polar surface area (TPSA) is 68.1 Å². The molecule has 0 spiro atoms. The second-order valence-electron chi connectivity index (χ2n) is 6.67. The molecule has 0 radical (unpaired) electrons. The highest BCUT2D eigenvalue weighted by Gasteiger charge is 2.24. The quantitative estimate of drug-likeness (QED) is 0.695. The van der Waals surface area contributed by atoms with Crippen molar-refractivity contribution in [3.8, 4) is 11.4 Å². The van der Waals surface area contributed by atoms with Gasteiger partial charge in [-0.2, -0.15) is 4.68 Å². The number of para-hydroxylation sites is 1. The van der Waals surface area contributed by atoms with Crippen LogP contribution in [0.4, 0.5) is 5.95 Å². The van der Waals surface area contributed by atoms with Crippen LogP contribution < -0.4 is 10.1 Å². The smallest absolute Gasteiger partial charge is 0.247 e. The molecule has 0 bridgehead atoms. The third-order valence-corrected chi connectivity index (χ3v) is 4.98. The molecule has 7 nitrogen and oxygen atoms in total. The van der Waals surface area contributed by atoms with Crippen LogP contribution in [0.2, 0.25) is 0 Å². The van der Waals surface area contributed by atoms with Crippen molar-refractivity contribution in [3.05, 3.63) is 60.2 Å². The van der Waals surface area contributed by atoms with Crippen LogP contribution in [0.5, 0.6) is 5.75 Å². The first-order valence-corrected chi connectivity index (χ1v) is 9.31. The summed E-state index contributed by atoms with van der Waals surface area (Å²) in [6.07, 6.45) is 2.48. The number of ether oxygens (including phenoxy) is 1. The molecule has 3 aromatic rings. The number of likely N-dealkylation sites (tertiary alicyclic amines) is 1. The Morgan fingerprint density at radius 1 is 1.07 bits per heavy atom. The monoisotopic (exact) mass is 364 g/mol. The van der Waals surface area contributed by atoms with Gasteiger partial charge in [-0.3, -0.25) is 4.90 Å². The van der Waals surface area contributed by atoms with E-state index in [1.807, 2.05) is 42.5 Å². The number of anilines is 1. The summed E-state index contributed by atoms with van der Waals surface area (Å²) >= 11 is 0. The second kappa shape index (κ2) is 8.18. The van der Waals surface area contributed by atoms with Crippen molar-refractivity contribution in [2.24, 2.45) is 0 Å². The highest BCUT2D eigenvalue weighted by atomic mass is 16.5. The molecule has 140 valence electrons.